The molecule has 0 radical (unpaired) electrons. The number of ether oxygens (including phenoxy) is 1. The molecular formula is C22H16ClF4N5O2. The third-order valence-corrected chi connectivity index (χ3v) is 5.70. The van der Waals surface area contributed by atoms with Crippen molar-refractivity contribution in [2.45, 2.75) is 39.2 Å². The van der Waals surface area contributed by atoms with Crippen molar-refractivity contribution in [1.29, 1.82) is 5.26 Å². The molecule has 0 bridgehead atoms. The molecule has 7 nitrogen and oxygen atoms in total. The molecule has 3 aromatic rings. The lowest BCUT2D eigenvalue weighted by Crippen LogP contribution is -2.33. The summed E-state index contributed by atoms with van der Waals surface area (Å²) in [5.41, 5.74) is 1.02. The molecule has 34 heavy (non-hydrogen) atoms. The van der Waals surface area contributed by atoms with Gasteiger partial charge in [0.2, 0.25) is 0 Å². The topological polar surface area (TPSA) is 84.0 Å². The number of amides is 1. The van der Waals surface area contributed by atoms with Gasteiger partial charge in [0.05, 0.1) is 28.5 Å². The highest BCUT2D eigenvalue weighted by Crippen LogP contribution is 2.35. The summed E-state index contributed by atoms with van der Waals surface area (Å²) in [5, 5.41) is 13.4. The molecule has 1 atom stereocenters. The van der Waals surface area contributed by atoms with E-state index in [9.17, 15) is 27.6 Å². The normalized spacial score (nSPS) is 14.0. The van der Waals surface area contributed by atoms with E-state index >= 15 is 0 Å². The van der Waals surface area contributed by atoms with Crippen LogP contribution in [0.4, 0.5) is 17.6 Å². The van der Waals surface area contributed by atoms with Crippen molar-refractivity contribution >= 4 is 17.5 Å². The molecule has 1 aromatic carbocycles. The SMILES string of the molecule is Cc1nc(-n2cc3c(n2)CN(C(=O)c2c(OC(C)C(F)(F)F)ccc(C#N)c2Cl)C3)ccc1F. The second kappa shape index (κ2) is 8.61. The van der Waals surface area contributed by atoms with Crippen LogP contribution in [0.25, 0.3) is 5.82 Å². The number of hydrogen-bond acceptors (Lipinski definition) is 5. The molecule has 0 saturated carbocycles. The average molecular weight is 494 g/mol. The number of carbonyl (C=O) groups is 1. The number of carbonyl (C=O) groups excluding carboxylic acids is 1. The van der Waals surface area contributed by atoms with Crippen LogP contribution in [-0.2, 0) is 13.1 Å². The lowest BCUT2D eigenvalue weighted by atomic mass is 10.1. The van der Waals surface area contributed by atoms with E-state index in [0.29, 0.717) is 17.1 Å². The summed E-state index contributed by atoms with van der Waals surface area (Å²) >= 11 is 6.21. The number of nitrogens with zero attached hydrogens (tertiary/aromatic N) is 5. The van der Waals surface area contributed by atoms with Crippen LogP contribution in [0.1, 0.15) is 39.8 Å². The van der Waals surface area contributed by atoms with Gasteiger partial charge in [0.1, 0.15) is 23.2 Å². The van der Waals surface area contributed by atoms with Gasteiger partial charge in [-0.05, 0) is 38.1 Å². The van der Waals surface area contributed by atoms with Crippen molar-refractivity contribution in [2.24, 2.45) is 0 Å². The number of pyridine rings is 1. The number of aromatic nitrogens is 3. The maximum atomic E-state index is 13.5. The maximum absolute atomic E-state index is 13.5. The standard InChI is InChI=1S/C22H16ClF4N5O2/c1-11-15(24)4-6-18(29-11)32-9-14-8-31(10-16(14)30-32)21(33)19-17(34-12(2)22(25,26)27)5-3-13(7-28)20(19)23/h3-6,9,12H,8,10H2,1-2H3. The Kier molecular flexibility index (Phi) is 5.95. The van der Waals surface area contributed by atoms with E-state index in [4.69, 9.17) is 16.3 Å². The van der Waals surface area contributed by atoms with Crippen molar-refractivity contribution in [1.82, 2.24) is 19.7 Å². The van der Waals surface area contributed by atoms with E-state index < -0.39 is 24.0 Å². The van der Waals surface area contributed by atoms with Gasteiger partial charge in [0.15, 0.2) is 11.9 Å². The van der Waals surface area contributed by atoms with E-state index in [1.165, 1.54) is 34.7 Å². The molecule has 0 aliphatic carbocycles. The van der Waals surface area contributed by atoms with Crippen molar-refractivity contribution in [3.05, 3.63) is 69.4 Å². The van der Waals surface area contributed by atoms with Crippen LogP contribution >= 0.6 is 11.6 Å². The van der Waals surface area contributed by atoms with Crippen LogP contribution in [0.5, 0.6) is 5.75 Å². The summed E-state index contributed by atoms with van der Waals surface area (Å²) in [5.74, 6) is -1.13. The fourth-order valence-electron chi connectivity index (χ4n) is 3.43. The molecule has 1 amide bonds. The van der Waals surface area contributed by atoms with Crippen molar-refractivity contribution in [2.75, 3.05) is 0 Å². The zero-order chi connectivity index (χ0) is 24.8. The smallest absolute Gasteiger partial charge is 0.425 e. The Hall–Kier alpha value is -3.65. The summed E-state index contributed by atoms with van der Waals surface area (Å²) in [7, 11) is 0. The first-order valence-electron chi connectivity index (χ1n) is 9.95. The second-order valence-electron chi connectivity index (χ2n) is 7.66. The predicted octanol–water partition coefficient (Wildman–Crippen LogP) is 4.73. The van der Waals surface area contributed by atoms with Gasteiger partial charge in [0, 0.05) is 18.3 Å². The Morgan fingerprint density at radius 2 is 2.00 bits per heavy atom. The van der Waals surface area contributed by atoms with Crippen molar-refractivity contribution < 1.29 is 27.1 Å². The van der Waals surface area contributed by atoms with Crippen LogP contribution in [-0.4, -0.2) is 37.9 Å². The lowest BCUT2D eigenvalue weighted by Gasteiger charge is -2.23. The van der Waals surface area contributed by atoms with Gasteiger partial charge in [-0.2, -0.15) is 23.5 Å². The Balaban J connectivity index is 1.62. The summed E-state index contributed by atoms with van der Waals surface area (Å²) in [6.45, 7) is 2.47. The Morgan fingerprint density at radius 3 is 2.62 bits per heavy atom. The van der Waals surface area contributed by atoms with E-state index in [1.54, 1.807) is 6.20 Å². The van der Waals surface area contributed by atoms with Crippen molar-refractivity contribution in [3.63, 3.8) is 0 Å². The first-order valence-corrected chi connectivity index (χ1v) is 10.3. The molecule has 2 aromatic heterocycles. The van der Waals surface area contributed by atoms with Gasteiger partial charge < -0.3 is 9.64 Å². The molecule has 0 fully saturated rings. The molecule has 3 heterocycles. The van der Waals surface area contributed by atoms with Crippen LogP contribution in [0, 0.1) is 24.1 Å². The minimum Gasteiger partial charge on any atom is -0.480 e. The fraction of sp³-hybridized carbons (Fsp3) is 0.273. The molecule has 4 rings (SSSR count). The van der Waals surface area contributed by atoms with E-state index in [0.717, 1.165) is 13.0 Å². The fourth-order valence-corrected chi connectivity index (χ4v) is 3.71. The largest absolute Gasteiger partial charge is 0.480 e. The van der Waals surface area contributed by atoms with E-state index in [-0.39, 0.29) is 40.7 Å². The number of hydrogen-bond donors (Lipinski definition) is 0. The number of fused-ring (bicyclic) bond motifs is 1. The number of aryl methyl sites for hydroxylation is 1. The number of alkyl halides is 3. The minimum absolute atomic E-state index is 0.0444. The monoisotopic (exact) mass is 493 g/mol. The molecule has 0 saturated heterocycles. The van der Waals surface area contributed by atoms with Gasteiger partial charge in [-0.25, -0.2) is 14.1 Å². The van der Waals surface area contributed by atoms with Gasteiger partial charge in [-0.1, -0.05) is 11.6 Å². The summed E-state index contributed by atoms with van der Waals surface area (Å²) in [6.07, 6.45) is -5.23. The highest BCUT2D eigenvalue weighted by Gasteiger charge is 2.39. The summed E-state index contributed by atoms with van der Waals surface area (Å²) in [6, 6.07) is 6.86. The lowest BCUT2D eigenvalue weighted by molar-refractivity contribution is -0.189. The first-order chi connectivity index (χ1) is 16.0. The predicted molar refractivity (Wildman–Crippen MR) is 112 cm³/mol. The number of benzene rings is 1. The van der Waals surface area contributed by atoms with E-state index in [2.05, 4.69) is 10.1 Å². The minimum atomic E-state index is -4.67. The molecule has 0 spiro atoms. The molecule has 176 valence electrons. The number of nitriles is 1. The number of rotatable bonds is 4. The van der Waals surface area contributed by atoms with Gasteiger partial charge in [0.25, 0.3) is 5.91 Å². The highest BCUT2D eigenvalue weighted by atomic mass is 35.5. The highest BCUT2D eigenvalue weighted by molar-refractivity contribution is 6.35. The zero-order valence-corrected chi connectivity index (χ0v) is 18.6. The Labute approximate surface area is 196 Å². The third kappa shape index (κ3) is 4.28. The molecular weight excluding hydrogens is 478 g/mol. The second-order valence-corrected chi connectivity index (χ2v) is 8.04. The van der Waals surface area contributed by atoms with Crippen LogP contribution in [0.3, 0.4) is 0 Å². The Morgan fingerprint density at radius 1 is 1.26 bits per heavy atom. The van der Waals surface area contributed by atoms with Gasteiger partial charge >= 0.3 is 6.18 Å². The van der Waals surface area contributed by atoms with Crippen LogP contribution in [0.15, 0.2) is 30.5 Å². The summed E-state index contributed by atoms with van der Waals surface area (Å²) < 4.78 is 59.1. The molecule has 0 N–H and O–H groups in total. The molecule has 12 heteroatoms. The maximum Gasteiger partial charge on any atom is 0.425 e. The summed E-state index contributed by atoms with van der Waals surface area (Å²) in [4.78, 5) is 18.7. The molecule has 1 aliphatic rings. The molecule has 1 aliphatic heterocycles. The van der Waals surface area contributed by atoms with E-state index in [1.807, 2.05) is 6.07 Å². The van der Waals surface area contributed by atoms with Gasteiger partial charge in [-0.3, -0.25) is 4.79 Å². The molecule has 1 unspecified atom stereocenters. The van der Waals surface area contributed by atoms with Crippen LogP contribution in [0.2, 0.25) is 5.02 Å². The van der Waals surface area contributed by atoms with Gasteiger partial charge in [-0.15, -0.1) is 0 Å². The zero-order valence-electron chi connectivity index (χ0n) is 17.8. The number of halogens is 5. The third-order valence-electron chi connectivity index (χ3n) is 5.31. The van der Waals surface area contributed by atoms with Crippen LogP contribution < -0.4 is 4.74 Å². The van der Waals surface area contributed by atoms with Crippen molar-refractivity contribution in [3.8, 4) is 17.6 Å². The average Bonchev–Trinajstić information content (AvgIpc) is 3.34. The first kappa shape index (κ1) is 23.5. The quantitative estimate of drug-likeness (QED) is 0.491. The Bertz CT molecular complexity index is 1310.